The molecule has 1 nitrogen and oxygen atoms in total. The molecule has 4 aromatic carbocycles. The lowest BCUT2D eigenvalue weighted by Gasteiger charge is -2.20. The normalized spacial score (nSPS) is 11.6. The van der Waals surface area contributed by atoms with Gasteiger partial charge >= 0.3 is 0 Å². The van der Waals surface area contributed by atoms with Crippen molar-refractivity contribution in [2.75, 3.05) is 0 Å². The van der Waals surface area contributed by atoms with Crippen molar-refractivity contribution in [2.45, 2.75) is 104 Å². The molecule has 4 aromatic rings. The summed E-state index contributed by atoms with van der Waals surface area (Å²) in [5.74, 6) is 0.803. The third-order valence-electron chi connectivity index (χ3n) is 8.20. The minimum Gasteiger partial charge on any atom is -0.453 e. The fourth-order valence-electron chi connectivity index (χ4n) is 5.85. The number of halogens is 6. The van der Waals surface area contributed by atoms with E-state index in [-0.39, 0.29) is 20.1 Å². The first kappa shape index (κ1) is 34.8. The molecule has 0 aromatic heterocycles. The van der Waals surface area contributed by atoms with Gasteiger partial charge in [-0.2, -0.15) is 0 Å². The first-order valence-corrected chi connectivity index (χ1v) is 17.9. The molecule has 0 unspecified atom stereocenters. The Morgan fingerprint density at radius 3 is 1.21 bits per heavy atom. The third kappa shape index (κ3) is 8.21. The van der Waals surface area contributed by atoms with E-state index in [1.807, 2.05) is 24.3 Å². The monoisotopic (exact) mass is 698 g/mol. The molecule has 0 heterocycles. The van der Waals surface area contributed by atoms with Gasteiger partial charge in [-0.25, -0.2) is 0 Å². The predicted molar refractivity (Wildman–Crippen MR) is 192 cm³/mol. The molecule has 0 radical (unpaired) electrons. The first-order valence-electron chi connectivity index (χ1n) is 15.7. The van der Waals surface area contributed by atoms with Crippen LogP contribution in [0.4, 0.5) is 0 Å². The maximum Gasteiger partial charge on any atom is 0.155 e. The standard InChI is InChI=1S/C36H40Cl6O/c1-3-5-7-9-11-13-17-23-19-15-21-25-27(23)29(37)31(39)33(41)35(25)43-36-26-22-16-20-24(18-14-12-10-8-6-4-2)28(26)30(38)32(40)34(36)42/h15-16,19-22H,3-14,17-18H2,1-2H3. The Morgan fingerprint density at radius 1 is 0.442 bits per heavy atom. The van der Waals surface area contributed by atoms with Gasteiger partial charge in [0.1, 0.15) is 10.0 Å². The molecule has 0 N–H and O–H groups in total. The molecule has 0 atom stereocenters. The summed E-state index contributed by atoms with van der Waals surface area (Å²) < 4.78 is 6.64. The van der Waals surface area contributed by atoms with Crippen LogP contribution in [0.5, 0.6) is 11.5 Å². The van der Waals surface area contributed by atoms with E-state index in [0.29, 0.717) is 21.5 Å². The summed E-state index contributed by atoms with van der Waals surface area (Å²) >= 11 is 40.8. The second-order valence-corrected chi connectivity index (χ2v) is 13.6. The maximum absolute atomic E-state index is 6.84. The summed E-state index contributed by atoms with van der Waals surface area (Å²) in [4.78, 5) is 0. The van der Waals surface area contributed by atoms with Gasteiger partial charge in [0.15, 0.2) is 11.5 Å². The van der Waals surface area contributed by atoms with Crippen molar-refractivity contribution in [3.05, 3.63) is 77.7 Å². The number of unbranched alkanes of at least 4 members (excludes halogenated alkanes) is 10. The quantitative estimate of drug-likeness (QED) is 0.0835. The molecule has 7 heteroatoms. The highest BCUT2D eigenvalue weighted by molar-refractivity contribution is 6.52. The average molecular weight is 701 g/mol. The molecule has 0 fully saturated rings. The van der Waals surface area contributed by atoms with Crippen LogP contribution in [0.1, 0.15) is 102 Å². The minimum atomic E-state index is 0.231. The summed E-state index contributed by atoms with van der Waals surface area (Å²) in [5, 5.41) is 5.10. The van der Waals surface area contributed by atoms with Gasteiger partial charge in [-0.15, -0.1) is 0 Å². The topological polar surface area (TPSA) is 9.23 Å². The summed E-state index contributed by atoms with van der Waals surface area (Å²) in [6.45, 7) is 4.46. The van der Waals surface area contributed by atoms with Crippen LogP contribution in [-0.2, 0) is 12.8 Å². The van der Waals surface area contributed by atoms with Crippen LogP contribution in [0.3, 0.4) is 0 Å². The maximum atomic E-state index is 6.84. The second-order valence-electron chi connectivity index (χ2n) is 11.4. The predicted octanol–water partition coefficient (Wildman–Crippen LogP) is 15.5. The zero-order valence-electron chi connectivity index (χ0n) is 25.0. The molecule has 0 saturated carbocycles. The van der Waals surface area contributed by atoms with Crippen molar-refractivity contribution in [1.29, 1.82) is 0 Å². The van der Waals surface area contributed by atoms with Gasteiger partial charge < -0.3 is 4.74 Å². The molecule has 4 rings (SSSR count). The average Bonchev–Trinajstić information content (AvgIpc) is 3.01. The van der Waals surface area contributed by atoms with Crippen molar-refractivity contribution < 1.29 is 4.74 Å². The van der Waals surface area contributed by atoms with Crippen molar-refractivity contribution in [3.8, 4) is 11.5 Å². The SMILES string of the molecule is CCCCCCCCc1cccc2c(Oc3c(Cl)c(Cl)c(Cl)c4c(CCCCCCCC)cccc34)c(Cl)c(Cl)c(Cl)c12. The number of hydrogen-bond donors (Lipinski definition) is 0. The molecule has 0 aliphatic heterocycles. The summed E-state index contributed by atoms with van der Waals surface area (Å²) in [7, 11) is 0. The highest BCUT2D eigenvalue weighted by Crippen LogP contribution is 2.52. The smallest absolute Gasteiger partial charge is 0.155 e. The summed E-state index contributed by atoms with van der Waals surface area (Å²) in [5.41, 5.74) is 2.24. The van der Waals surface area contributed by atoms with Gasteiger partial charge in [0.05, 0.1) is 20.1 Å². The molecule has 43 heavy (non-hydrogen) atoms. The third-order valence-corrected chi connectivity index (χ3v) is 10.8. The molecule has 232 valence electrons. The van der Waals surface area contributed by atoms with E-state index in [0.717, 1.165) is 58.4 Å². The number of fused-ring (bicyclic) bond motifs is 2. The molecule has 0 spiro atoms. The molecular weight excluding hydrogens is 661 g/mol. The van der Waals surface area contributed by atoms with Crippen molar-refractivity contribution in [1.82, 2.24) is 0 Å². The Hall–Kier alpha value is -1.06. The fraction of sp³-hybridized carbons (Fsp3) is 0.444. The largest absolute Gasteiger partial charge is 0.453 e. The fourth-order valence-corrected chi connectivity index (χ4v) is 7.42. The van der Waals surface area contributed by atoms with E-state index in [2.05, 4.69) is 26.0 Å². The lowest BCUT2D eigenvalue weighted by Crippen LogP contribution is -1.97. The molecule has 0 saturated heterocycles. The lowest BCUT2D eigenvalue weighted by molar-refractivity contribution is 0.494. The highest BCUT2D eigenvalue weighted by atomic mass is 35.5. The number of benzene rings is 4. The lowest BCUT2D eigenvalue weighted by atomic mass is 9.97. The molecular formula is C36H40Cl6O. The summed E-state index contributed by atoms with van der Waals surface area (Å²) in [6, 6.07) is 12.1. The van der Waals surface area contributed by atoms with Gasteiger partial charge in [0.2, 0.25) is 0 Å². The molecule has 0 aliphatic rings. The van der Waals surface area contributed by atoms with E-state index < -0.39 is 0 Å². The highest BCUT2D eigenvalue weighted by Gasteiger charge is 2.24. The van der Waals surface area contributed by atoms with Crippen molar-refractivity contribution in [2.24, 2.45) is 0 Å². The van der Waals surface area contributed by atoms with E-state index >= 15 is 0 Å². The van der Waals surface area contributed by atoms with Gasteiger partial charge in [0, 0.05) is 21.5 Å². The number of aryl methyl sites for hydroxylation is 2. The van der Waals surface area contributed by atoms with Gasteiger partial charge in [-0.3, -0.25) is 0 Å². The Balaban J connectivity index is 1.73. The Bertz CT molecular complexity index is 1430. The Morgan fingerprint density at radius 2 is 0.814 bits per heavy atom. The van der Waals surface area contributed by atoms with Crippen LogP contribution in [0.15, 0.2) is 36.4 Å². The van der Waals surface area contributed by atoms with E-state index in [1.54, 1.807) is 0 Å². The van der Waals surface area contributed by atoms with Gasteiger partial charge in [0.25, 0.3) is 0 Å². The van der Waals surface area contributed by atoms with Gasteiger partial charge in [-0.1, -0.05) is 184 Å². The Kier molecular flexibility index (Phi) is 13.8. The number of rotatable bonds is 16. The first-order chi connectivity index (χ1) is 20.8. The van der Waals surface area contributed by atoms with E-state index in [4.69, 9.17) is 74.3 Å². The summed E-state index contributed by atoms with van der Waals surface area (Å²) in [6.07, 6.45) is 16.3. The molecule has 0 bridgehead atoms. The number of hydrogen-bond acceptors (Lipinski definition) is 1. The molecule has 0 aliphatic carbocycles. The van der Waals surface area contributed by atoms with Crippen LogP contribution in [-0.4, -0.2) is 0 Å². The van der Waals surface area contributed by atoms with E-state index in [9.17, 15) is 0 Å². The van der Waals surface area contributed by atoms with Crippen LogP contribution in [0, 0.1) is 0 Å². The van der Waals surface area contributed by atoms with Gasteiger partial charge in [-0.05, 0) is 36.8 Å². The zero-order chi connectivity index (χ0) is 30.9. The van der Waals surface area contributed by atoms with Crippen LogP contribution >= 0.6 is 69.6 Å². The van der Waals surface area contributed by atoms with Crippen molar-refractivity contribution in [3.63, 3.8) is 0 Å². The van der Waals surface area contributed by atoms with Crippen molar-refractivity contribution >= 4 is 91.2 Å². The molecule has 0 amide bonds. The zero-order valence-corrected chi connectivity index (χ0v) is 29.6. The van der Waals surface area contributed by atoms with E-state index in [1.165, 1.54) is 64.2 Å². The van der Waals surface area contributed by atoms with Crippen LogP contribution in [0.25, 0.3) is 21.5 Å². The van der Waals surface area contributed by atoms with Crippen LogP contribution in [0.2, 0.25) is 30.1 Å². The second kappa shape index (κ2) is 17.0. The van der Waals surface area contributed by atoms with Crippen LogP contribution < -0.4 is 4.74 Å². The Labute approximate surface area is 287 Å². The number of ether oxygens (including phenoxy) is 1. The minimum absolute atomic E-state index is 0.231.